The monoisotopic (exact) mass is 1130 g/mol. The maximum absolute atomic E-state index is 13.1. The summed E-state index contributed by atoms with van der Waals surface area (Å²) in [5.41, 5.74) is 0. The van der Waals surface area contributed by atoms with Crippen LogP contribution in [0.3, 0.4) is 0 Å². The fourth-order valence-electron chi connectivity index (χ4n) is 10.4. The first-order chi connectivity index (χ1) is 39.8. The van der Waals surface area contributed by atoms with Gasteiger partial charge in [0.2, 0.25) is 5.91 Å². The zero-order valence-electron chi connectivity index (χ0n) is 52.3. The normalized spacial score (nSPS) is 19.0. The summed E-state index contributed by atoms with van der Waals surface area (Å²) in [7, 11) is 0. The molecule has 0 radical (unpaired) electrons. The number of amides is 1. The molecule has 0 aromatic carbocycles. The molecule has 1 fully saturated rings. The Kier molecular flexibility index (Phi) is 56.6. The number of carbonyl (C=O) groups excluding carboxylic acids is 1. The molecule has 7 atom stereocenters. The smallest absolute Gasteiger partial charge is 0.220 e. The fourth-order valence-corrected chi connectivity index (χ4v) is 10.4. The quantitative estimate of drug-likeness (QED) is 0.0261. The lowest BCUT2D eigenvalue weighted by Gasteiger charge is -2.40. The molecule has 0 spiro atoms. The van der Waals surface area contributed by atoms with Crippen molar-refractivity contribution in [2.24, 2.45) is 0 Å². The third-order valence-electron chi connectivity index (χ3n) is 15.7. The van der Waals surface area contributed by atoms with Crippen molar-refractivity contribution in [2.45, 2.75) is 339 Å². The molecule has 1 aliphatic rings. The molecular formula is C72H127NO8. The number of allylic oxidation sites excluding steroid dienone is 15. The SMILES string of the molecule is CC/C=C\C/C=C\C/C=C\C/C=C\C/C=C\C/C=C\C/C=C\CCCCCCCCCCCCCCCCCC(=O)NC(COC1OC(CO)C(O)C(O)C1O)C(O)/C=C/CCCCCCCCCCCCCCCCCCCCC. The molecule has 468 valence electrons. The van der Waals surface area contributed by atoms with Crippen molar-refractivity contribution in [1.82, 2.24) is 5.32 Å². The molecule has 7 unspecified atom stereocenters. The third-order valence-corrected chi connectivity index (χ3v) is 15.7. The predicted octanol–water partition coefficient (Wildman–Crippen LogP) is 18.3. The maximum Gasteiger partial charge on any atom is 0.220 e. The van der Waals surface area contributed by atoms with Crippen LogP contribution in [-0.2, 0) is 14.3 Å². The van der Waals surface area contributed by atoms with Crippen molar-refractivity contribution in [3.05, 3.63) is 97.2 Å². The zero-order valence-corrected chi connectivity index (χ0v) is 52.3. The van der Waals surface area contributed by atoms with Gasteiger partial charge in [0.1, 0.15) is 24.4 Å². The molecule has 1 saturated heterocycles. The van der Waals surface area contributed by atoms with Crippen LogP contribution in [0.4, 0.5) is 0 Å². The van der Waals surface area contributed by atoms with Gasteiger partial charge in [-0.2, -0.15) is 0 Å². The first-order valence-electron chi connectivity index (χ1n) is 34.0. The van der Waals surface area contributed by atoms with Crippen LogP contribution in [0.15, 0.2) is 97.2 Å². The summed E-state index contributed by atoms with van der Waals surface area (Å²) in [5.74, 6) is -0.177. The lowest BCUT2D eigenvalue weighted by molar-refractivity contribution is -0.302. The standard InChI is InChI=1S/C72H127NO8/c1-3-5-7-9-11-13-15-17-19-21-23-25-26-27-28-29-30-31-32-33-34-35-36-37-38-39-40-42-44-46-48-50-52-54-56-58-60-62-68(76)73-65(64-80-72-71(79)70(78)69(77)67(63-74)81-72)66(75)61-59-57-55-53-51-49-47-45-43-41-24-22-20-18-16-14-12-10-8-6-4-2/h5,7,11,13,17,19,23,25,27-28,30-31,33-34,59,61,65-67,69-72,74-75,77-79H,3-4,6,8-10,12,14-16,18,20-22,24,26,29,32,35-58,60,62-64H2,1-2H3,(H,73,76)/b7-5-,13-11-,19-17-,25-23-,28-27-,31-30-,34-33-,61-59+. The van der Waals surface area contributed by atoms with E-state index in [2.05, 4.69) is 104 Å². The van der Waals surface area contributed by atoms with Crippen LogP contribution in [-0.4, -0.2) is 87.5 Å². The average Bonchev–Trinajstić information content (AvgIpc) is 3.49. The Balaban J connectivity index is 2.13. The summed E-state index contributed by atoms with van der Waals surface area (Å²) in [6, 6.07) is -0.810. The maximum atomic E-state index is 13.1. The van der Waals surface area contributed by atoms with Crippen molar-refractivity contribution >= 4 is 5.91 Å². The molecule has 9 heteroatoms. The number of aliphatic hydroxyl groups excluding tert-OH is 5. The molecule has 0 aromatic rings. The van der Waals surface area contributed by atoms with E-state index in [1.54, 1.807) is 6.08 Å². The van der Waals surface area contributed by atoms with Crippen molar-refractivity contribution in [2.75, 3.05) is 13.2 Å². The van der Waals surface area contributed by atoms with Gasteiger partial charge >= 0.3 is 0 Å². The second-order valence-corrected chi connectivity index (χ2v) is 23.2. The van der Waals surface area contributed by atoms with Crippen molar-refractivity contribution < 1.29 is 39.8 Å². The molecule has 1 amide bonds. The molecule has 0 saturated carbocycles. The third kappa shape index (κ3) is 49.1. The Morgan fingerprint density at radius 3 is 1.14 bits per heavy atom. The Hall–Kier alpha value is -2.89. The van der Waals surface area contributed by atoms with Crippen molar-refractivity contribution in [3.8, 4) is 0 Å². The number of carbonyl (C=O) groups is 1. The molecule has 1 aliphatic heterocycles. The van der Waals surface area contributed by atoms with Gasteiger partial charge in [-0.05, 0) is 77.0 Å². The van der Waals surface area contributed by atoms with E-state index in [0.717, 1.165) is 83.5 Å². The van der Waals surface area contributed by atoms with E-state index in [1.165, 1.54) is 193 Å². The lowest BCUT2D eigenvalue weighted by Crippen LogP contribution is -2.60. The van der Waals surface area contributed by atoms with Crippen LogP contribution in [0.1, 0.15) is 296 Å². The molecule has 9 nitrogen and oxygen atoms in total. The summed E-state index contributed by atoms with van der Waals surface area (Å²) in [6.07, 6.45) is 80.7. The van der Waals surface area contributed by atoms with E-state index in [9.17, 15) is 30.3 Å². The first kappa shape index (κ1) is 76.1. The predicted molar refractivity (Wildman–Crippen MR) is 345 cm³/mol. The van der Waals surface area contributed by atoms with Gasteiger partial charge < -0.3 is 40.3 Å². The van der Waals surface area contributed by atoms with E-state index >= 15 is 0 Å². The highest BCUT2D eigenvalue weighted by molar-refractivity contribution is 5.76. The largest absolute Gasteiger partial charge is 0.394 e. The number of rotatable bonds is 58. The number of ether oxygens (including phenoxy) is 2. The number of hydrogen-bond donors (Lipinski definition) is 6. The number of nitrogens with one attached hydrogen (secondary N) is 1. The summed E-state index contributed by atoms with van der Waals surface area (Å²) < 4.78 is 11.3. The molecule has 6 N–H and O–H groups in total. The van der Waals surface area contributed by atoms with Gasteiger partial charge in [-0.25, -0.2) is 0 Å². The highest BCUT2D eigenvalue weighted by Gasteiger charge is 2.44. The molecule has 0 bridgehead atoms. The van der Waals surface area contributed by atoms with Crippen molar-refractivity contribution in [1.29, 1.82) is 0 Å². The van der Waals surface area contributed by atoms with E-state index < -0.39 is 49.5 Å². The number of unbranched alkanes of at least 4 members (excludes halogenated alkanes) is 34. The van der Waals surface area contributed by atoms with Crippen LogP contribution in [0, 0.1) is 0 Å². The van der Waals surface area contributed by atoms with E-state index in [0.29, 0.717) is 6.42 Å². The van der Waals surface area contributed by atoms with E-state index in [4.69, 9.17) is 9.47 Å². The van der Waals surface area contributed by atoms with Crippen LogP contribution >= 0.6 is 0 Å². The minimum absolute atomic E-state index is 0.177. The van der Waals surface area contributed by atoms with Gasteiger partial charge in [0.25, 0.3) is 0 Å². The lowest BCUT2D eigenvalue weighted by atomic mass is 9.99. The molecule has 0 aromatic heterocycles. The second-order valence-electron chi connectivity index (χ2n) is 23.2. The van der Waals surface area contributed by atoms with Gasteiger partial charge in [-0.3, -0.25) is 4.79 Å². The molecule has 1 rings (SSSR count). The van der Waals surface area contributed by atoms with Crippen LogP contribution < -0.4 is 5.32 Å². The van der Waals surface area contributed by atoms with Crippen molar-refractivity contribution in [3.63, 3.8) is 0 Å². The minimum Gasteiger partial charge on any atom is -0.394 e. The average molecular weight is 1130 g/mol. The zero-order chi connectivity index (χ0) is 58.6. The summed E-state index contributed by atoms with van der Waals surface area (Å²) >= 11 is 0. The number of aliphatic hydroxyl groups is 5. The van der Waals surface area contributed by atoms with Gasteiger partial charge in [-0.15, -0.1) is 0 Å². The topological polar surface area (TPSA) is 149 Å². The molecule has 0 aliphatic carbocycles. The van der Waals surface area contributed by atoms with Crippen LogP contribution in [0.5, 0.6) is 0 Å². The molecule has 81 heavy (non-hydrogen) atoms. The van der Waals surface area contributed by atoms with E-state index in [-0.39, 0.29) is 12.5 Å². The van der Waals surface area contributed by atoms with Gasteiger partial charge in [0, 0.05) is 6.42 Å². The van der Waals surface area contributed by atoms with Gasteiger partial charge in [-0.1, -0.05) is 310 Å². The highest BCUT2D eigenvalue weighted by atomic mass is 16.7. The molecular weight excluding hydrogens is 1010 g/mol. The Morgan fingerprint density at radius 1 is 0.432 bits per heavy atom. The Labute approximate surface area is 498 Å². The van der Waals surface area contributed by atoms with Gasteiger partial charge in [0.05, 0.1) is 25.4 Å². The summed E-state index contributed by atoms with van der Waals surface area (Å²) in [6.45, 7) is 3.69. The fraction of sp³-hybridized carbons (Fsp3) is 0.764. The second kappa shape index (κ2) is 60.2. The number of hydrogen-bond acceptors (Lipinski definition) is 8. The summed E-state index contributed by atoms with van der Waals surface area (Å²) in [5, 5.41) is 54.7. The Bertz CT molecular complexity index is 1600. The molecule has 1 heterocycles. The summed E-state index contributed by atoms with van der Waals surface area (Å²) in [4.78, 5) is 13.1. The highest BCUT2D eigenvalue weighted by Crippen LogP contribution is 2.23. The minimum atomic E-state index is -1.57. The van der Waals surface area contributed by atoms with E-state index in [1.807, 2.05) is 6.08 Å². The Morgan fingerprint density at radius 2 is 0.765 bits per heavy atom. The first-order valence-corrected chi connectivity index (χ1v) is 34.0. The van der Waals surface area contributed by atoms with Gasteiger partial charge in [0.15, 0.2) is 6.29 Å². The van der Waals surface area contributed by atoms with Crippen LogP contribution in [0.25, 0.3) is 0 Å². The van der Waals surface area contributed by atoms with Crippen LogP contribution in [0.2, 0.25) is 0 Å².